The lowest BCUT2D eigenvalue weighted by molar-refractivity contribution is -0.121. The van der Waals surface area contributed by atoms with Crippen LogP contribution >= 0.6 is 11.6 Å². The van der Waals surface area contributed by atoms with Gasteiger partial charge in [0.25, 0.3) is 0 Å². The zero-order valence-electron chi connectivity index (χ0n) is 13.9. The monoisotopic (exact) mass is 381 g/mol. The third-order valence-electron chi connectivity index (χ3n) is 3.45. The number of nitrogens with zero attached hydrogens (tertiary/aromatic N) is 2. The zero-order chi connectivity index (χ0) is 18.3. The minimum atomic E-state index is -3.45. The summed E-state index contributed by atoms with van der Waals surface area (Å²) in [5.74, 6) is -0.148. The molecule has 0 bridgehead atoms. The Kier molecular flexibility index (Phi) is 6.78. The number of hydrogen-bond donors (Lipinski definition) is 1. The van der Waals surface area contributed by atoms with Crippen molar-refractivity contribution in [1.29, 1.82) is 0 Å². The summed E-state index contributed by atoms with van der Waals surface area (Å²) in [6, 6.07) is 12.1. The van der Waals surface area contributed by atoms with Crippen LogP contribution < -0.4 is 9.62 Å². The van der Waals surface area contributed by atoms with Gasteiger partial charge >= 0.3 is 0 Å². The number of anilines is 1. The third kappa shape index (κ3) is 6.36. The fourth-order valence-electron chi connectivity index (χ4n) is 2.28. The van der Waals surface area contributed by atoms with E-state index in [9.17, 15) is 13.2 Å². The molecule has 0 saturated carbocycles. The Morgan fingerprint density at radius 2 is 2.04 bits per heavy atom. The Balaban J connectivity index is 1.87. The molecule has 2 aromatic rings. The van der Waals surface area contributed by atoms with Crippen LogP contribution in [-0.2, 0) is 21.4 Å². The number of benzene rings is 1. The summed E-state index contributed by atoms with van der Waals surface area (Å²) in [5.41, 5.74) is 1.26. The van der Waals surface area contributed by atoms with Gasteiger partial charge in [-0.1, -0.05) is 23.7 Å². The normalized spacial score (nSPS) is 11.1. The van der Waals surface area contributed by atoms with Crippen LogP contribution in [0.5, 0.6) is 0 Å². The summed E-state index contributed by atoms with van der Waals surface area (Å²) in [5, 5.41) is 3.23. The van der Waals surface area contributed by atoms with Gasteiger partial charge in [-0.3, -0.25) is 14.1 Å². The Hall–Kier alpha value is -2.12. The molecule has 1 aromatic carbocycles. The lowest BCUT2D eigenvalue weighted by Gasteiger charge is -2.22. The first-order valence-corrected chi connectivity index (χ1v) is 9.99. The third-order valence-corrected chi connectivity index (χ3v) is 4.88. The molecule has 0 aliphatic heterocycles. The van der Waals surface area contributed by atoms with E-state index >= 15 is 0 Å². The van der Waals surface area contributed by atoms with Crippen molar-refractivity contribution in [2.75, 3.05) is 17.1 Å². The molecule has 0 saturated heterocycles. The smallest absolute Gasteiger partial charge is 0.232 e. The van der Waals surface area contributed by atoms with Crippen LogP contribution in [0.1, 0.15) is 18.5 Å². The molecule has 1 amide bonds. The maximum Gasteiger partial charge on any atom is 0.232 e. The first kappa shape index (κ1) is 19.2. The van der Waals surface area contributed by atoms with Crippen molar-refractivity contribution in [3.05, 3.63) is 59.4 Å². The van der Waals surface area contributed by atoms with Crippen LogP contribution in [0.15, 0.2) is 48.7 Å². The van der Waals surface area contributed by atoms with Gasteiger partial charge in [0.05, 0.1) is 24.2 Å². The average Bonchev–Trinajstić information content (AvgIpc) is 2.56. The topological polar surface area (TPSA) is 79.4 Å². The summed E-state index contributed by atoms with van der Waals surface area (Å²) >= 11 is 5.93. The van der Waals surface area contributed by atoms with E-state index in [1.54, 1.807) is 36.5 Å². The molecule has 1 N–H and O–H groups in total. The molecule has 0 fully saturated rings. The first-order chi connectivity index (χ1) is 11.9. The Morgan fingerprint density at radius 1 is 1.24 bits per heavy atom. The number of aromatic nitrogens is 1. The van der Waals surface area contributed by atoms with E-state index in [4.69, 9.17) is 11.6 Å². The molecule has 6 nitrogen and oxygen atoms in total. The maximum absolute atomic E-state index is 12.0. The maximum atomic E-state index is 12.0. The number of pyridine rings is 1. The number of carbonyl (C=O) groups excluding carboxylic acids is 1. The van der Waals surface area contributed by atoms with Gasteiger partial charge in [-0.15, -0.1) is 0 Å². The van der Waals surface area contributed by atoms with E-state index in [0.717, 1.165) is 11.9 Å². The fourth-order valence-corrected chi connectivity index (χ4v) is 3.42. The standard InChI is InChI=1S/C17H20ClN3O3S/c1-25(23,24)21(16-8-4-6-14(18)12-16)11-5-9-17(22)20-13-15-7-2-3-10-19-15/h2-4,6-8,10,12H,5,9,11,13H2,1H3,(H,20,22). The van der Waals surface area contributed by atoms with Crippen LogP contribution in [0, 0.1) is 0 Å². The Morgan fingerprint density at radius 3 is 2.68 bits per heavy atom. The van der Waals surface area contributed by atoms with Crippen molar-refractivity contribution in [1.82, 2.24) is 10.3 Å². The molecule has 0 unspecified atom stereocenters. The van der Waals surface area contributed by atoms with Crippen LogP contribution in [0.4, 0.5) is 5.69 Å². The molecule has 1 heterocycles. The Bertz CT molecular complexity index is 813. The molecule has 8 heteroatoms. The predicted octanol–water partition coefficient (Wildman–Crippen LogP) is 2.60. The van der Waals surface area contributed by atoms with E-state index in [0.29, 0.717) is 23.7 Å². The highest BCUT2D eigenvalue weighted by atomic mass is 35.5. The summed E-state index contributed by atoms with van der Waals surface area (Å²) in [4.78, 5) is 16.0. The van der Waals surface area contributed by atoms with E-state index in [-0.39, 0.29) is 18.9 Å². The highest BCUT2D eigenvalue weighted by molar-refractivity contribution is 7.92. The SMILES string of the molecule is CS(=O)(=O)N(CCCC(=O)NCc1ccccn1)c1cccc(Cl)c1. The van der Waals surface area contributed by atoms with Gasteiger partial charge in [-0.25, -0.2) is 8.42 Å². The summed E-state index contributed by atoms with van der Waals surface area (Å²) < 4.78 is 25.3. The Labute approximate surface area is 152 Å². The lowest BCUT2D eigenvalue weighted by atomic mass is 10.2. The highest BCUT2D eigenvalue weighted by Crippen LogP contribution is 2.22. The summed E-state index contributed by atoms with van der Waals surface area (Å²) in [6.07, 6.45) is 3.42. The van der Waals surface area contributed by atoms with Crippen molar-refractivity contribution in [2.45, 2.75) is 19.4 Å². The summed E-state index contributed by atoms with van der Waals surface area (Å²) in [7, 11) is -3.45. The molecule has 0 aliphatic carbocycles. The fraction of sp³-hybridized carbons (Fsp3) is 0.294. The van der Waals surface area contributed by atoms with Crippen LogP contribution in [0.25, 0.3) is 0 Å². The predicted molar refractivity (Wildman–Crippen MR) is 99.0 cm³/mol. The van der Waals surface area contributed by atoms with Crippen LogP contribution in [-0.4, -0.2) is 32.1 Å². The molecule has 134 valence electrons. The lowest BCUT2D eigenvalue weighted by Crippen LogP contribution is -2.32. The highest BCUT2D eigenvalue weighted by Gasteiger charge is 2.17. The van der Waals surface area contributed by atoms with E-state index in [1.165, 1.54) is 4.31 Å². The van der Waals surface area contributed by atoms with Gasteiger partial charge in [0.1, 0.15) is 0 Å². The van der Waals surface area contributed by atoms with Gasteiger partial charge in [0.2, 0.25) is 15.9 Å². The number of nitrogens with one attached hydrogen (secondary N) is 1. The van der Waals surface area contributed by atoms with Crippen molar-refractivity contribution >= 4 is 33.2 Å². The minimum absolute atomic E-state index is 0.148. The molecular formula is C17H20ClN3O3S. The number of carbonyl (C=O) groups is 1. The molecule has 0 spiro atoms. The second-order valence-corrected chi connectivity index (χ2v) is 7.86. The quantitative estimate of drug-likeness (QED) is 0.762. The number of halogens is 1. The average molecular weight is 382 g/mol. The van der Waals surface area contributed by atoms with Crippen LogP contribution in [0.2, 0.25) is 5.02 Å². The van der Waals surface area contributed by atoms with Gasteiger partial charge in [0, 0.05) is 24.2 Å². The molecule has 2 rings (SSSR count). The number of sulfonamides is 1. The van der Waals surface area contributed by atoms with Crippen molar-refractivity contribution in [2.24, 2.45) is 0 Å². The largest absolute Gasteiger partial charge is 0.350 e. The van der Waals surface area contributed by atoms with Crippen molar-refractivity contribution < 1.29 is 13.2 Å². The van der Waals surface area contributed by atoms with Crippen molar-refractivity contribution in [3.8, 4) is 0 Å². The zero-order valence-corrected chi connectivity index (χ0v) is 15.4. The van der Waals surface area contributed by atoms with Crippen molar-refractivity contribution in [3.63, 3.8) is 0 Å². The molecule has 25 heavy (non-hydrogen) atoms. The van der Waals surface area contributed by atoms with Gasteiger partial charge in [-0.05, 0) is 36.8 Å². The molecule has 0 atom stereocenters. The number of hydrogen-bond acceptors (Lipinski definition) is 4. The minimum Gasteiger partial charge on any atom is -0.350 e. The number of rotatable bonds is 8. The second-order valence-electron chi connectivity index (χ2n) is 5.52. The van der Waals surface area contributed by atoms with Crippen LogP contribution in [0.3, 0.4) is 0 Å². The van der Waals surface area contributed by atoms with Gasteiger partial charge in [0.15, 0.2) is 0 Å². The molecule has 0 aliphatic rings. The van der Waals surface area contributed by atoms with Gasteiger partial charge < -0.3 is 5.32 Å². The molecular weight excluding hydrogens is 362 g/mol. The second kappa shape index (κ2) is 8.82. The van der Waals surface area contributed by atoms with E-state index < -0.39 is 10.0 Å². The first-order valence-electron chi connectivity index (χ1n) is 7.76. The molecule has 0 radical (unpaired) electrons. The molecule has 1 aromatic heterocycles. The van der Waals surface area contributed by atoms with Gasteiger partial charge in [-0.2, -0.15) is 0 Å². The van der Waals surface area contributed by atoms with E-state index in [1.807, 2.05) is 12.1 Å². The number of amides is 1. The van der Waals surface area contributed by atoms with E-state index in [2.05, 4.69) is 10.3 Å². The summed E-state index contributed by atoms with van der Waals surface area (Å²) in [6.45, 7) is 0.555.